The van der Waals surface area contributed by atoms with Crippen molar-refractivity contribution in [3.05, 3.63) is 65.2 Å². The van der Waals surface area contributed by atoms with Gasteiger partial charge in [0.2, 0.25) is 0 Å². The van der Waals surface area contributed by atoms with Crippen LogP contribution in [0.2, 0.25) is 0 Å². The molecule has 1 aliphatic heterocycles. The van der Waals surface area contributed by atoms with Gasteiger partial charge in [-0.2, -0.15) is 0 Å². The van der Waals surface area contributed by atoms with E-state index in [0.717, 1.165) is 37.4 Å². The lowest BCUT2D eigenvalue weighted by atomic mass is 10.1. The predicted octanol–water partition coefficient (Wildman–Crippen LogP) is 3.01. The quantitative estimate of drug-likeness (QED) is 0.919. The van der Waals surface area contributed by atoms with Crippen LogP contribution in [0.4, 0.5) is 0 Å². The molecule has 24 heavy (non-hydrogen) atoms. The summed E-state index contributed by atoms with van der Waals surface area (Å²) in [7, 11) is 1.63. The minimum atomic E-state index is -0.0279. The summed E-state index contributed by atoms with van der Waals surface area (Å²) in [6, 6.07) is 16.2. The first-order valence-corrected chi connectivity index (χ1v) is 8.37. The SMILES string of the molecule is COc1cc(C(=O)NC2CCN(Cc3ccccc3)C2)ccc1C. The van der Waals surface area contributed by atoms with Crippen molar-refractivity contribution in [1.29, 1.82) is 0 Å². The number of hydrogen-bond acceptors (Lipinski definition) is 3. The van der Waals surface area contributed by atoms with E-state index in [1.807, 2.05) is 25.1 Å². The number of nitrogens with one attached hydrogen (secondary N) is 1. The molecule has 0 aromatic heterocycles. The summed E-state index contributed by atoms with van der Waals surface area (Å²) >= 11 is 0. The lowest BCUT2D eigenvalue weighted by molar-refractivity contribution is 0.0937. The van der Waals surface area contributed by atoms with Crippen molar-refractivity contribution in [3.63, 3.8) is 0 Å². The lowest BCUT2D eigenvalue weighted by Gasteiger charge is -2.17. The summed E-state index contributed by atoms with van der Waals surface area (Å²) in [5, 5.41) is 3.15. The molecule has 1 aliphatic rings. The van der Waals surface area contributed by atoms with E-state index in [0.29, 0.717) is 5.56 Å². The van der Waals surface area contributed by atoms with Crippen LogP contribution in [-0.4, -0.2) is 37.0 Å². The van der Waals surface area contributed by atoms with Gasteiger partial charge in [-0.3, -0.25) is 9.69 Å². The van der Waals surface area contributed by atoms with Crippen LogP contribution in [0.5, 0.6) is 5.75 Å². The zero-order valence-electron chi connectivity index (χ0n) is 14.3. The van der Waals surface area contributed by atoms with Gasteiger partial charge in [0.15, 0.2) is 0 Å². The van der Waals surface area contributed by atoms with E-state index in [2.05, 4.69) is 34.5 Å². The largest absolute Gasteiger partial charge is 0.496 e. The van der Waals surface area contributed by atoms with Crippen LogP contribution in [0.25, 0.3) is 0 Å². The summed E-state index contributed by atoms with van der Waals surface area (Å²) in [4.78, 5) is 14.8. The first kappa shape index (κ1) is 16.5. The molecule has 1 saturated heterocycles. The smallest absolute Gasteiger partial charge is 0.251 e. The van der Waals surface area contributed by atoms with Crippen LogP contribution < -0.4 is 10.1 Å². The van der Waals surface area contributed by atoms with Crippen molar-refractivity contribution in [1.82, 2.24) is 10.2 Å². The first-order chi connectivity index (χ1) is 11.7. The second kappa shape index (κ2) is 7.49. The van der Waals surface area contributed by atoms with E-state index < -0.39 is 0 Å². The maximum absolute atomic E-state index is 12.5. The molecule has 1 heterocycles. The number of amides is 1. The Labute approximate surface area is 143 Å². The standard InChI is InChI=1S/C20H24N2O2/c1-15-8-9-17(12-19(15)24-2)20(23)21-18-10-11-22(14-18)13-16-6-4-3-5-7-16/h3-9,12,18H,10-11,13-14H2,1-2H3,(H,21,23). The summed E-state index contributed by atoms with van der Waals surface area (Å²) in [6.07, 6.45) is 0.988. The normalized spacial score (nSPS) is 17.7. The molecule has 0 spiro atoms. The van der Waals surface area contributed by atoms with Gasteiger partial charge in [-0.15, -0.1) is 0 Å². The molecular weight excluding hydrogens is 300 g/mol. The number of carbonyl (C=O) groups excluding carboxylic acids is 1. The first-order valence-electron chi connectivity index (χ1n) is 8.37. The zero-order valence-corrected chi connectivity index (χ0v) is 14.3. The highest BCUT2D eigenvalue weighted by Gasteiger charge is 2.24. The Balaban J connectivity index is 1.56. The number of likely N-dealkylation sites (tertiary alicyclic amines) is 1. The molecular formula is C20H24N2O2. The summed E-state index contributed by atoms with van der Waals surface area (Å²) < 4.78 is 5.30. The lowest BCUT2D eigenvalue weighted by Crippen LogP contribution is -2.37. The number of methoxy groups -OCH3 is 1. The Morgan fingerprint density at radius 2 is 2.04 bits per heavy atom. The highest BCUT2D eigenvalue weighted by molar-refractivity contribution is 5.95. The average molecular weight is 324 g/mol. The number of carbonyl (C=O) groups is 1. The topological polar surface area (TPSA) is 41.6 Å². The van der Waals surface area contributed by atoms with Gasteiger partial charge in [0.1, 0.15) is 5.75 Å². The highest BCUT2D eigenvalue weighted by atomic mass is 16.5. The fraction of sp³-hybridized carbons (Fsp3) is 0.350. The second-order valence-corrected chi connectivity index (χ2v) is 6.36. The van der Waals surface area contributed by atoms with Gasteiger partial charge >= 0.3 is 0 Å². The van der Waals surface area contributed by atoms with Gasteiger partial charge in [-0.1, -0.05) is 36.4 Å². The maximum Gasteiger partial charge on any atom is 0.251 e. The van der Waals surface area contributed by atoms with Crippen molar-refractivity contribution in [2.24, 2.45) is 0 Å². The van der Waals surface area contributed by atoms with E-state index in [1.54, 1.807) is 13.2 Å². The molecule has 2 aromatic rings. The van der Waals surface area contributed by atoms with Gasteiger partial charge in [-0.25, -0.2) is 0 Å². The molecule has 0 radical (unpaired) electrons. The third kappa shape index (κ3) is 3.95. The molecule has 1 atom stereocenters. The Kier molecular flexibility index (Phi) is 5.16. The molecule has 0 saturated carbocycles. The summed E-state index contributed by atoms with van der Waals surface area (Å²) in [5.74, 6) is 0.722. The van der Waals surface area contributed by atoms with E-state index in [1.165, 1.54) is 5.56 Å². The number of nitrogens with zero attached hydrogens (tertiary/aromatic N) is 1. The van der Waals surface area contributed by atoms with Crippen molar-refractivity contribution in [2.75, 3.05) is 20.2 Å². The predicted molar refractivity (Wildman–Crippen MR) is 95.3 cm³/mol. The fourth-order valence-electron chi connectivity index (χ4n) is 3.17. The third-order valence-corrected chi connectivity index (χ3v) is 4.53. The van der Waals surface area contributed by atoms with Gasteiger partial charge in [0.25, 0.3) is 5.91 Å². The van der Waals surface area contributed by atoms with Gasteiger partial charge in [0.05, 0.1) is 7.11 Å². The van der Waals surface area contributed by atoms with Crippen LogP contribution in [0.1, 0.15) is 27.9 Å². The molecule has 3 rings (SSSR count). The fourth-order valence-corrected chi connectivity index (χ4v) is 3.17. The molecule has 126 valence electrons. The Bertz CT molecular complexity index is 700. The number of hydrogen-bond donors (Lipinski definition) is 1. The van der Waals surface area contributed by atoms with Crippen LogP contribution in [0.3, 0.4) is 0 Å². The van der Waals surface area contributed by atoms with Crippen molar-refractivity contribution < 1.29 is 9.53 Å². The Morgan fingerprint density at radius 1 is 1.25 bits per heavy atom. The minimum absolute atomic E-state index is 0.0279. The van der Waals surface area contributed by atoms with Crippen molar-refractivity contribution in [3.8, 4) is 5.75 Å². The van der Waals surface area contributed by atoms with E-state index in [9.17, 15) is 4.79 Å². The number of aryl methyl sites for hydroxylation is 1. The van der Waals surface area contributed by atoms with Crippen molar-refractivity contribution >= 4 is 5.91 Å². The minimum Gasteiger partial charge on any atom is -0.496 e. The van der Waals surface area contributed by atoms with Crippen LogP contribution in [-0.2, 0) is 6.54 Å². The average Bonchev–Trinajstić information content (AvgIpc) is 3.03. The number of benzene rings is 2. The maximum atomic E-state index is 12.5. The van der Waals surface area contributed by atoms with E-state index >= 15 is 0 Å². The van der Waals surface area contributed by atoms with Crippen LogP contribution in [0.15, 0.2) is 48.5 Å². The van der Waals surface area contributed by atoms with Gasteiger partial charge < -0.3 is 10.1 Å². The molecule has 1 fully saturated rings. The Morgan fingerprint density at radius 3 is 2.79 bits per heavy atom. The number of rotatable bonds is 5. The molecule has 2 aromatic carbocycles. The molecule has 0 aliphatic carbocycles. The van der Waals surface area contributed by atoms with Gasteiger partial charge in [0, 0.05) is 31.2 Å². The number of ether oxygens (including phenoxy) is 1. The molecule has 4 nitrogen and oxygen atoms in total. The van der Waals surface area contributed by atoms with Gasteiger partial charge in [-0.05, 0) is 36.6 Å². The van der Waals surface area contributed by atoms with E-state index in [-0.39, 0.29) is 11.9 Å². The summed E-state index contributed by atoms with van der Waals surface area (Å²) in [5.41, 5.74) is 3.00. The van der Waals surface area contributed by atoms with Crippen molar-refractivity contribution in [2.45, 2.75) is 25.9 Å². The van der Waals surface area contributed by atoms with Crippen LogP contribution >= 0.6 is 0 Å². The molecule has 1 unspecified atom stereocenters. The second-order valence-electron chi connectivity index (χ2n) is 6.36. The Hall–Kier alpha value is -2.33. The molecule has 0 bridgehead atoms. The zero-order chi connectivity index (χ0) is 16.9. The molecule has 1 amide bonds. The highest BCUT2D eigenvalue weighted by Crippen LogP contribution is 2.20. The molecule has 1 N–H and O–H groups in total. The summed E-state index contributed by atoms with van der Waals surface area (Å²) in [6.45, 7) is 4.81. The molecule has 4 heteroatoms. The third-order valence-electron chi connectivity index (χ3n) is 4.53. The monoisotopic (exact) mass is 324 g/mol. The van der Waals surface area contributed by atoms with E-state index in [4.69, 9.17) is 4.74 Å². The van der Waals surface area contributed by atoms with Crippen LogP contribution in [0, 0.1) is 6.92 Å².